The van der Waals surface area contributed by atoms with Gasteiger partial charge in [-0.1, -0.05) is 61.2 Å². The summed E-state index contributed by atoms with van der Waals surface area (Å²) in [5.74, 6) is 0.515. The maximum Gasteiger partial charge on any atom is 0.252 e. The number of allylic oxidation sites excluding steroid dienone is 1. The molecule has 0 bridgehead atoms. The molecule has 0 aliphatic rings. The van der Waals surface area contributed by atoms with E-state index in [1.165, 1.54) is 11.8 Å². The van der Waals surface area contributed by atoms with E-state index >= 15 is 0 Å². The fraction of sp³-hybridized carbons (Fsp3) is 0.280. The van der Waals surface area contributed by atoms with Gasteiger partial charge in [-0.15, -0.1) is 16.8 Å². The van der Waals surface area contributed by atoms with Crippen LogP contribution in [0.15, 0.2) is 66.3 Å². The van der Waals surface area contributed by atoms with E-state index in [4.69, 9.17) is 0 Å². The number of nitrogens with one attached hydrogen (secondary N) is 2. The Hall–Kier alpha value is -3.39. The van der Waals surface area contributed by atoms with Gasteiger partial charge in [0.1, 0.15) is 0 Å². The van der Waals surface area contributed by atoms with Gasteiger partial charge in [0.15, 0.2) is 11.0 Å². The van der Waals surface area contributed by atoms with E-state index in [-0.39, 0.29) is 23.6 Å². The number of hydrogen-bond acceptors (Lipinski definition) is 5. The van der Waals surface area contributed by atoms with Crippen molar-refractivity contribution in [1.82, 2.24) is 20.1 Å². The fourth-order valence-corrected chi connectivity index (χ4v) is 4.22. The van der Waals surface area contributed by atoms with Crippen molar-refractivity contribution in [2.75, 3.05) is 11.1 Å². The van der Waals surface area contributed by atoms with E-state index in [0.717, 1.165) is 23.2 Å². The van der Waals surface area contributed by atoms with Crippen LogP contribution in [0, 0.1) is 6.92 Å². The van der Waals surface area contributed by atoms with Crippen LogP contribution in [0.1, 0.15) is 47.2 Å². The highest BCUT2D eigenvalue weighted by Gasteiger charge is 2.21. The van der Waals surface area contributed by atoms with Crippen LogP contribution in [0.25, 0.3) is 0 Å². The zero-order valence-electron chi connectivity index (χ0n) is 19.2. The van der Waals surface area contributed by atoms with Crippen molar-refractivity contribution < 1.29 is 9.59 Å². The third-order valence-electron chi connectivity index (χ3n) is 5.19. The lowest BCUT2D eigenvalue weighted by atomic mass is 10.1. The average molecular weight is 464 g/mol. The van der Waals surface area contributed by atoms with E-state index in [1.54, 1.807) is 12.1 Å². The summed E-state index contributed by atoms with van der Waals surface area (Å²) in [6, 6.07) is 14.8. The number of rotatable bonds is 10. The van der Waals surface area contributed by atoms with Gasteiger partial charge < -0.3 is 15.2 Å². The van der Waals surface area contributed by atoms with Gasteiger partial charge in [0.05, 0.1) is 11.8 Å². The number of amides is 2. The molecule has 0 aliphatic carbocycles. The Balaban J connectivity index is 1.68. The van der Waals surface area contributed by atoms with Gasteiger partial charge in [0.2, 0.25) is 5.91 Å². The molecule has 3 rings (SSSR count). The molecule has 0 saturated carbocycles. The fourth-order valence-electron chi connectivity index (χ4n) is 3.46. The second kappa shape index (κ2) is 11.5. The number of nitrogens with zero attached hydrogens (tertiary/aromatic N) is 3. The summed E-state index contributed by atoms with van der Waals surface area (Å²) in [7, 11) is 0. The standard InChI is InChI=1S/C25H29N5O2S/c1-5-15-30-23(18(4)26-24(32)20-13-9-7-11-17(20)3)28-29-25(30)33-16-22(31)27-21-14-10-8-12-19(21)6-2/h5,7-14,18H,1,6,15-16H2,2-4H3,(H,26,32)(H,27,31). The SMILES string of the molecule is C=CCn1c(SCC(=O)Nc2ccccc2CC)nnc1C(C)NC(=O)c1ccccc1C. The van der Waals surface area contributed by atoms with Crippen molar-refractivity contribution in [1.29, 1.82) is 0 Å². The first kappa shape index (κ1) is 24.3. The first-order valence-electron chi connectivity index (χ1n) is 10.9. The van der Waals surface area contributed by atoms with Crippen LogP contribution in [0.4, 0.5) is 5.69 Å². The topological polar surface area (TPSA) is 88.9 Å². The van der Waals surface area contributed by atoms with E-state index in [9.17, 15) is 9.59 Å². The smallest absolute Gasteiger partial charge is 0.252 e. The van der Waals surface area contributed by atoms with Crippen LogP contribution in [-0.2, 0) is 17.8 Å². The summed E-state index contributed by atoms with van der Waals surface area (Å²) >= 11 is 1.30. The average Bonchev–Trinajstić information content (AvgIpc) is 3.21. The van der Waals surface area contributed by atoms with Crippen LogP contribution < -0.4 is 10.6 Å². The third kappa shape index (κ3) is 6.10. The molecule has 1 atom stereocenters. The largest absolute Gasteiger partial charge is 0.342 e. The number of para-hydroxylation sites is 1. The van der Waals surface area contributed by atoms with E-state index < -0.39 is 0 Å². The van der Waals surface area contributed by atoms with Gasteiger partial charge in [-0.2, -0.15) is 0 Å². The lowest BCUT2D eigenvalue weighted by molar-refractivity contribution is -0.113. The minimum absolute atomic E-state index is 0.114. The lowest BCUT2D eigenvalue weighted by Crippen LogP contribution is -2.29. The van der Waals surface area contributed by atoms with Gasteiger partial charge in [0, 0.05) is 17.8 Å². The Labute approximate surface area is 198 Å². The molecular weight excluding hydrogens is 434 g/mol. The van der Waals surface area contributed by atoms with E-state index in [1.807, 2.05) is 60.9 Å². The molecule has 1 unspecified atom stereocenters. The van der Waals surface area contributed by atoms with Crippen molar-refractivity contribution in [3.63, 3.8) is 0 Å². The quantitative estimate of drug-likeness (QED) is 0.340. The first-order chi connectivity index (χ1) is 15.9. The van der Waals surface area contributed by atoms with Crippen molar-refractivity contribution in [2.24, 2.45) is 0 Å². The Morgan fingerprint density at radius 3 is 2.61 bits per heavy atom. The molecule has 0 saturated heterocycles. The third-order valence-corrected chi connectivity index (χ3v) is 6.15. The molecule has 1 aromatic heterocycles. The Morgan fingerprint density at radius 2 is 1.88 bits per heavy atom. The summed E-state index contributed by atoms with van der Waals surface area (Å²) in [5.41, 5.74) is 3.44. The molecule has 0 fully saturated rings. The summed E-state index contributed by atoms with van der Waals surface area (Å²) in [5, 5.41) is 15.1. The minimum atomic E-state index is -0.371. The Kier molecular flexibility index (Phi) is 8.43. The van der Waals surface area contributed by atoms with Gasteiger partial charge >= 0.3 is 0 Å². The maximum atomic E-state index is 12.7. The number of aromatic nitrogens is 3. The number of anilines is 1. The van der Waals surface area contributed by atoms with Crippen LogP contribution in [0.5, 0.6) is 0 Å². The molecule has 33 heavy (non-hydrogen) atoms. The minimum Gasteiger partial charge on any atom is -0.342 e. The Morgan fingerprint density at radius 1 is 1.15 bits per heavy atom. The highest BCUT2D eigenvalue weighted by Crippen LogP contribution is 2.22. The molecule has 3 aromatic rings. The molecule has 7 nitrogen and oxygen atoms in total. The maximum absolute atomic E-state index is 12.7. The summed E-state index contributed by atoms with van der Waals surface area (Å²) in [6.45, 7) is 10.1. The van der Waals surface area contributed by atoms with Crippen molar-refractivity contribution >= 4 is 29.3 Å². The molecule has 0 spiro atoms. The predicted octanol–water partition coefficient (Wildman–Crippen LogP) is 4.56. The van der Waals surface area contributed by atoms with Gasteiger partial charge in [0.25, 0.3) is 5.91 Å². The number of carbonyl (C=O) groups is 2. The van der Waals surface area contributed by atoms with Crippen molar-refractivity contribution in [3.8, 4) is 0 Å². The van der Waals surface area contributed by atoms with Gasteiger partial charge in [-0.05, 0) is 43.5 Å². The number of carbonyl (C=O) groups excluding carboxylic acids is 2. The molecule has 1 heterocycles. The van der Waals surface area contributed by atoms with Crippen LogP contribution in [0.2, 0.25) is 0 Å². The van der Waals surface area contributed by atoms with E-state index in [2.05, 4.69) is 34.3 Å². The number of thioether (sulfide) groups is 1. The van der Waals surface area contributed by atoms with Crippen LogP contribution in [0.3, 0.4) is 0 Å². The van der Waals surface area contributed by atoms with Gasteiger partial charge in [-0.25, -0.2) is 0 Å². The predicted molar refractivity (Wildman–Crippen MR) is 132 cm³/mol. The molecule has 2 aromatic carbocycles. The normalized spacial score (nSPS) is 11.6. The van der Waals surface area contributed by atoms with E-state index in [0.29, 0.717) is 23.1 Å². The molecule has 2 amide bonds. The monoisotopic (exact) mass is 463 g/mol. The summed E-state index contributed by atoms with van der Waals surface area (Å²) in [4.78, 5) is 25.3. The highest BCUT2D eigenvalue weighted by atomic mass is 32.2. The van der Waals surface area contributed by atoms with Crippen LogP contribution in [-0.4, -0.2) is 32.3 Å². The molecule has 0 aliphatic heterocycles. The first-order valence-corrected chi connectivity index (χ1v) is 11.8. The molecular formula is C25H29N5O2S. The zero-order valence-corrected chi connectivity index (χ0v) is 20.0. The molecule has 2 N–H and O–H groups in total. The lowest BCUT2D eigenvalue weighted by Gasteiger charge is -2.16. The summed E-state index contributed by atoms with van der Waals surface area (Å²) < 4.78 is 1.87. The second-order valence-corrected chi connectivity index (χ2v) is 8.54. The van der Waals surface area contributed by atoms with Crippen molar-refractivity contribution in [2.45, 2.75) is 44.9 Å². The Bertz CT molecular complexity index is 1140. The van der Waals surface area contributed by atoms with Crippen LogP contribution >= 0.6 is 11.8 Å². The highest BCUT2D eigenvalue weighted by molar-refractivity contribution is 7.99. The molecule has 172 valence electrons. The molecule has 0 radical (unpaired) electrons. The zero-order chi connectivity index (χ0) is 23.8. The molecule has 8 heteroatoms. The number of aryl methyl sites for hydroxylation is 2. The van der Waals surface area contributed by atoms with Crippen molar-refractivity contribution in [3.05, 3.63) is 83.7 Å². The second-order valence-electron chi connectivity index (χ2n) is 7.60. The number of hydrogen-bond donors (Lipinski definition) is 2. The van der Waals surface area contributed by atoms with Gasteiger partial charge in [-0.3, -0.25) is 9.59 Å². The number of benzene rings is 2. The summed E-state index contributed by atoms with van der Waals surface area (Å²) in [6.07, 6.45) is 2.58.